The Morgan fingerprint density at radius 3 is 2.46 bits per heavy atom. The maximum absolute atomic E-state index is 12.5. The first kappa shape index (κ1) is 19.2. The maximum atomic E-state index is 12.5. The molecule has 1 aromatic carbocycles. The number of halogens is 3. The number of rotatable bonds is 5. The molecule has 1 amide bonds. The number of alkyl halides is 3. The highest BCUT2D eigenvalue weighted by Gasteiger charge is 2.29. The molecule has 1 atom stereocenters. The Balaban J connectivity index is 1.88. The average Bonchev–Trinajstić information content (AvgIpc) is 2.97. The number of aromatic nitrogens is 1. The van der Waals surface area contributed by atoms with Crippen LogP contribution in [0.5, 0.6) is 0 Å². The first-order valence-corrected chi connectivity index (χ1v) is 7.45. The second-order valence-corrected chi connectivity index (χ2v) is 5.34. The molecule has 2 rings (SSSR count). The fraction of sp³-hybridized carbons (Fsp3) is 0.235. The quantitative estimate of drug-likeness (QED) is 0.644. The zero-order chi connectivity index (χ0) is 19.3. The monoisotopic (exact) mass is 368 g/mol. The number of hydrogen-bond donors (Lipinski definition) is 1. The van der Waals surface area contributed by atoms with Gasteiger partial charge in [-0.05, 0) is 37.6 Å². The SMILES string of the molecule is Cc1cc(NC(=O)[C@@H](C)OC(=O)/C=C/c2ccc(C(F)(F)F)cc2)no1. The van der Waals surface area contributed by atoms with E-state index >= 15 is 0 Å². The van der Waals surface area contributed by atoms with Crippen LogP contribution < -0.4 is 5.32 Å². The third kappa shape index (κ3) is 5.47. The molecule has 0 saturated heterocycles. The number of anilines is 1. The Morgan fingerprint density at radius 1 is 1.27 bits per heavy atom. The van der Waals surface area contributed by atoms with Crippen LogP contribution in [0.15, 0.2) is 40.9 Å². The minimum Gasteiger partial charge on any atom is -0.449 e. The fourth-order valence-electron chi connectivity index (χ4n) is 1.87. The van der Waals surface area contributed by atoms with Crippen LogP contribution in [0.3, 0.4) is 0 Å². The van der Waals surface area contributed by atoms with Gasteiger partial charge in [-0.15, -0.1) is 0 Å². The van der Waals surface area contributed by atoms with Crippen LogP contribution in [0.25, 0.3) is 6.08 Å². The van der Waals surface area contributed by atoms with E-state index in [0.29, 0.717) is 11.3 Å². The van der Waals surface area contributed by atoms with Crippen LogP contribution in [0.1, 0.15) is 23.8 Å². The summed E-state index contributed by atoms with van der Waals surface area (Å²) >= 11 is 0. The van der Waals surface area contributed by atoms with Crippen molar-refractivity contribution in [1.82, 2.24) is 5.16 Å². The fourth-order valence-corrected chi connectivity index (χ4v) is 1.87. The lowest BCUT2D eigenvalue weighted by Gasteiger charge is -2.10. The first-order chi connectivity index (χ1) is 12.1. The van der Waals surface area contributed by atoms with Crippen LogP contribution in [0, 0.1) is 6.92 Å². The number of benzene rings is 1. The van der Waals surface area contributed by atoms with Crippen LogP contribution in [-0.2, 0) is 20.5 Å². The van der Waals surface area contributed by atoms with E-state index in [-0.39, 0.29) is 5.82 Å². The number of ether oxygens (including phenoxy) is 1. The van der Waals surface area contributed by atoms with Crippen molar-refractivity contribution in [2.45, 2.75) is 26.1 Å². The first-order valence-electron chi connectivity index (χ1n) is 7.45. The predicted octanol–water partition coefficient (Wildman–Crippen LogP) is 3.59. The van der Waals surface area contributed by atoms with Crippen LogP contribution in [-0.4, -0.2) is 23.1 Å². The van der Waals surface area contributed by atoms with E-state index in [2.05, 4.69) is 10.5 Å². The third-order valence-corrected chi connectivity index (χ3v) is 3.19. The Labute approximate surface area is 146 Å². The molecule has 138 valence electrons. The summed E-state index contributed by atoms with van der Waals surface area (Å²) in [6, 6.07) is 5.74. The topological polar surface area (TPSA) is 81.4 Å². The van der Waals surface area contributed by atoms with Crippen molar-refractivity contribution in [3.05, 3.63) is 53.3 Å². The van der Waals surface area contributed by atoms with E-state index < -0.39 is 29.7 Å². The zero-order valence-corrected chi connectivity index (χ0v) is 13.8. The standard InChI is InChI=1S/C17H15F3N2O4/c1-10-9-14(22-26-10)21-16(24)11(2)25-15(23)8-5-12-3-6-13(7-4-12)17(18,19)20/h3-9,11H,1-2H3,(H,21,22,24)/b8-5+/t11-/m1/s1. The molecule has 0 aliphatic rings. The molecule has 0 fully saturated rings. The number of carbonyl (C=O) groups excluding carboxylic acids is 2. The van der Waals surface area contributed by atoms with E-state index in [0.717, 1.165) is 18.2 Å². The van der Waals surface area contributed by atoms with Gasteiger partial charge in [0.15, 0.2) is 11.9 Å². The Kier molecular flexibility index (Phi) is 5.81. The van der Waals surface area contributed by atoms with E-state index in [1.807, 2.05) is 0 Å². The molecule has 1 N–H and O–H groups in total. The number of nitrogens with one attached hydrogen (secondary N) is 1. The highest BCUT2D eigenvalue weighted by molar-refractivity contribution is 5.96. The van der Waals surface area contributed by atoms with Crippen LogP contribution in [0.4, 0.5) is 19.0 Å². The number of nitrogens with zero attached hydrogens (tertiary/aromatic N) is 1. The third-order valence-electron chi connectivity index (χ3n) is 3.19. The van der Waals surface area contributed by atoms with Gasteiger partial charge in [0, 0.05) is 12.1 Å². The zero-order valence-electron chi connectivity index (χ0n) is 13.8. The van der Waals surface area contributed by atoms with Crippen molar-refractivity contribution >= 4 is 23.8 Å². The normalized spacial score (nSPS) is 12.8. The van der Waals surface area contributed by atoms with Crippen molar-refractivity contribution in [2.24, 2.45) is 0 Å². The smallest absolute Gasteiger partial charge is 0.416 e. The molecule has 0 spiro atoms. The summed E-state index contributed by atoms with van der Waals surface area (Å²) < 4.78 is 47.1. The molecule has 0 saturated carbocycles. The molecule has 0 aliphatic carbocycles. The molecule has 2 aromatic rings. The predicted molar refractivity (Wildman–Crippen MR) is 85.9 cm³/mol. The molecular weight excluding hydrogens is 353 g/mol. The van der Waals surface area contributed by atoms with Gasteiger partial charge in [0.05, 0.1) is 5.56 Å². The highest BCUT2D eigenvalue weighted by Crippen LogP contribution is 2.29. The Bertz CT molecular complexity index is 810. The number of aryl methyl sites for hydroxylation is 1. The van der Waals surface area contributed by atoms with Gasteiger partial charge in [0.2, 0.25) is 0 Å². The van der Waals surface area contributed by atoms with Crippen LogP contribution >= 0.6 is 0 Å². The average molecular weight is 368 g/mol. The van der Waals surface area contributed by atoms with E-state index in [1.54, 1.807) is 6.92 Å². The van der Waals surface area contributed by atoms with Gasteiger partial charge in [0.25, 0.3) is 5.91 Å². The molecular formula is C17H15F3N2O4. The van der Waals surface area contributed by atoms with Gasteiger partial charge in [-0.2, -0.15) is 13.2 Å². The van der Waals surface area contributed by atoms with E-state index in [1.165, 1.54) is 31.2 Å². The van der Waals surface area contributed by atoms with Crippen LogP contribution in [0.2, 0.25) is 0 Å². The number of amides is 1. The summed E-state index contributed by atoms with van der Waals surface area (Å²) in [6.07, 6.45) is -3.22. The summed E-state index contributed by atoms with van der Waals surface area (Å²) in [5.74, 6) is -0.724. The van der Waals surface area contributed by atoms with E-state index in [4.69, 9.17) is 9.26 Å². The number of hydrogen-bond acceptors (Lipinski definition) is 5. The number of esters is 1. The van der Waals surface area contributed by atoms with Crippen molar-refractivity contribution in [3.63, 3.8) is 0 Å². The van der Waals surface area contributed by atoms with Gasteiger partial charge < -0.3 is 14.6 Å². The van der Waals surface area contributed by atoms with Gasteiger partial charge in [-0.1, -0.05) is 17.3 Å². The molecule has 9 heteroatoms. The largest absolute Gasteiger partial charge is 0.449 e. The second kappa shape index (κ2) is 7.85. The highest BCUT2D eigenvalue weighted by atomic mass is 19.4. The lowest BCUT2D eigenvalue weighted by atomic mass is 10.1. The summed E-state index contributed by atoms with van der Waals surface area (Å²) in [5.41, 5.74) is -0.407. The summed E-state index contributed by atoms with van der Waals surface area (Å²) in [4.78, 5) is 23.6. The van der Waals surface area contributed by atoms with Gasteiger partial charge in [0.1, 0.15) is 5.76 Å². The Morgan fingerprint density at radius 2 is 1.92 bits per heavy atom. The summed E-state index contributed by atoms with van der Waals surface area (Å²) in [6.45, 7) is 3.02. The summed E-state index contributed by atoms with van der Waals surface area (Å²) in [5, 5.41) is 5.99. The van der Waals surface area contributed by atoms with Crippen molar-refractivity contribution in [3.8, 4) is 0 Å². The second-order valence-electron chi connectivity index (χ2n) is 5.34. The maximum Gasteiger partial charge on any atom is 0.416 e. The molecule has 26 heavy (non-hydrogen) atoms. The lowest BCUT2D eigenvalue weighted by Crippen LogP contribution is -2.29. The minimum atomic E-state index is -4.42. The molecule has 0 radical (unpaired) electrons. The minimum absolute atomic E-state index is 0.190. The number of carbonyl (C=O) groups is 2. The molecule has 0 unspecified atom stereocenters. The van der Waals surface area contributed by atoms with Gasteiger partial charge in [-0.3, -0.25) is 4.79 Å². The van der Waals surface area contributed by atoms with Crippen molar-refractivity contribution in [2.75, 3.05) is 5.32 Å². The van der Waals surface area contributed by atoms with Gasteiger partial charge in [-0.25, -0.2) is 4.79 Å². The molecule has 0 bridgehead atoms. The van der Waals surface area contributed by atoms with Crippen molar-refractivity contribution < 1.29 is 32.0 Å². The van der Waals surface area contributed by atoms with E-state index in [9.17, 15) is 22.8 Å². The Hall–Kier alpha value is -3.10. The molecule has 0 aliphatic heterocycles. The molecule has 6 nitrogen and oxygen atoms in total. The van der Waals surface area contributed by atoms with Crippen molar-refractivity contribution in [1.29, 1.82) is 0 Å². The molecule has 1 heterocycles. The lowest BCUT2D eigenvalue weighted by molar-refractivity contribution is -0.148. The summed E-state index contributed by atoms with van der Waals surface area (Å²) in [7, 11) is 0. The van der Waals surface area contributed by atoms with Gasteiger partial charge >= 0.3 is 12.1 Å². The molecule has 1 aromatic heterocycles.